The molecule has 1 saturated carbocycles. The summed E-state index contributed by atoms with van der Waals surface area (Å²) in [7, 11) is 0. The summed E-state index contributed by atoms with van der Waals surface area (Å²) in [6, 6.07) is 11.0. The van der Waals surface area contributed by atoms with E-state index in [9.17, 15) is 18.0 Å². The Morgan fingerprint density at radius 3 is 2.49 bits per heavy atom. The van der Waals surface area contributed by atoms with Crippen LogP contribution in [0.15, 0.2) is 42.5 Å². The maximum Gasteiger partial charge on any atom is 0.573 e. The van der Waals surface area contributed by atoms with Crippen LogP contribution in [0.1, 0.15) is 46.1 Å². The number of nitrogens with zero attached hydrogens (tertiary/aromatic N) is 2. The van der Waals surface area contributed by atoms with Crippen molar-refractivity contribution < 1.29 is 27.8 Å². The first kappa shape index (κ1) is 24.8. The fraction of sp³-hybridized carbons (Fsp3) is 0.440. The second-order valence-electron chi connectivity index (χ2n) is 9.98. The van der Waals surface area contributed by atoms with E-state index in [2.05, 4.69) is 40.7 Å². The fourth-order valence-corrected chi connectivity index (χ4v) is 5.20. The fourth-order valence-electron chi connectivity index (χ4n) is 5.20. The third-order valence-electron chi connectivity index (χ3n) is 6.19. The molecule has 0 spiro atoms. The number of aromatic nitrogens is 2. The summed E-state index contributed by atoms with van der Waals surface area (Å²) >= 11 is 0. The average molecular weight is 491 g/mol. The van der Waals surface area contributed by atoms with E-state index in [1.807, 2.05) is 6.07 Å². The molecule has 4 rings (SSSR count). The van der Waals surface area contributed by atoms with Gasteiger partial charge in [0.2, 0.25) is 11.9 Å². The Morgan fingerprint density at radius 2 is 1.86 bits per heavy atom. The highest BCUT2D eigenvalue weighted by atomic mass is 19.4. The van der Waals surface area contributed by atoms with Crippen molar-refractivity contribution in [3.8, 4) is 5.75 Å². The van der Waals surface area contributed by atoms with Gasteiger partial charge < -0.3 is 25.0 Å². The number of hydrogen-bond donors (Lipinski definition) is 3. The summed E-state index contributed by atoms with van der Waals surface area (Å²) in [6.07, 6.45) is -1.72. The lowest BCUT2D eigenvalue weighted by molar-refractivity contribution is -0.274. The molecule has 35 heavy (non-hydrogen) atoms. The highest BCUT2D eigenvalue weighted by Gasteiger charge is 2.35. The molecular formula is C25H29F3N4O3. The first-order chi connectivity index (χ1) is 16.4. The van der Waals surface area contributed by atoms with Crippen molar-refractivity contribution in [1.82, 2.24) is 9.55 Å². The number of halogens is 3. The molecule has 1 aliphatic rings. The number of ether oxygens (including phenoxy) is 1. The number of aliphatic hydroxyl groups is 1. The topological polar surface area (TPSA) is 88.4 Å². The number of carbonyl (C=O) groups is 1. The van der Waals surface area contributed by atoms with E-state index in [0.29, 0.717) is 28.8 Å². The predicted octanol–water partition coefficient (Wildman–Crippen LogP) is 6.00. The van der Waals surface area contributed by atoms with E-state index in [4.69, 9.17) is 10.1 Å². The number of nitrogens with one attached hydrogen (secondary N) is 2. The quantitative estimate of drug-likeness (QED) is 0.395. The van der Waals surface area contributed by atoms with E-state index in [1.54, 1.807) is 12.1 Å². The summed E-state index contributed by atoms with van der Waals surface area (Å²) in [4.78, 5) is 16.4. The number of anilines is 3. The Bertz CT molecular complexity index is 1210. The summed E-state index contributed by atoms with van der Waals surface area (Å²) in [5.74, 6) is 0.246. The second kappa shape index (κ2) is 9.41. The molecule has 0 saturated heterocycles. The van der Waals surface area contributed by atoms with Crippen LogP contribution in [-0.2, 0) is 4.79 Å². The summed E-state index contributed by atoms with van der Waals surface area (Å²) in [5, 5.41) is 14.9. The monoisotopic (exact) mass is 490 g/mol. The smallest absolute Gasteiger partial charge is 0.406 e. The molecule has 1 heterocycles. The van der Waals surface area contributed by atoms with E-state index < -0.39 is 18.9 Å². The minimum atomic E-state index is -4.75. The van der Waals surface area contributed by atoms with Gasteiger partial charge in [0.25, 0.3) is 0 Å². The molecule has 0 aliphatic heterocycles. The number of rotatable bonds is 6. The average Bonchev–Trinajstić information content (AvgIpc) is 3.09. The molecule has 2 aromatic carbocycles. The van der Waals surface area contributed by atoms with Crippen LogP contribution in [0.5, 0.6) is 5.75 Å². The molecule has 1 aliphatic carbocycles. The highest BCUT2D eigenvalue weighted by Crippen LogP contribution is 2.46. The lowest BCUT2D eigenvalue weighted by atomic mass is 9.70. The van der Waals surface area contributed by atoms with Gasteiger partial charge in [-0.2, -0.15) is 0 Å². The van der Waals surface area contributed by atoms with Crippen LogP contribution < -0.4 is 15.4 Å². The maximum absolute atomic E-state index is 12.5. The zero-order valence-electron chi connectivity index (χ0n) is 19.8. The lowest BCUT2D eigenvalue weighted by Crippen LogP contribution is -2.29. The predicted molar refractivity (Wildman–Crippen MR) is 128 cm³/mol. The number of benzene rings is 2. The van der Waals surface area contributed by atoms with Crippen molar-refractivity contribution in [2.45, 2.75) is 52.4 Å². The molecule has 3 N–H and O–H groups in total. The Kier molecular flexibility index (Phi) is 6.68. The van der Waals surface area contributed by atoms with Gasteiger partial charge in [0.05, 0.1) is 11.0 Å². The van der Waals surface area contributed by atoms with Gasteiger partial charge in [-0.15, -0.1) is 13.2 Å². The number of aliphatic hydroxyl groups excluding tert-OH is 1. The Morgan fingerprint density at radius 1 is 1.17 bits per heavy atom. The molecule has 0 radical (unpaired) electrons. The van der Waals surface area contributed by atoms with Gasteiger partial charge in [-0.3, -0.25) is 4.79 Å². The Labute approximate surface area is 201 Å². The standard InChI is InChI=1S/C25H29F3N4O3/c1-15-10-18(13-24(2,3)12-15)32-21-9-6-17(29-22(34)14-33)11-20(21)31-23(32)30-16-4-7-19(8-5-16)35-25(26,27)28/h4-9,11,15,18,33H,10,12-14H2,1-3H3,(H,29,34)(H,30,31)/t15-,18+/m1/s1. The van der Waals surface area contributed by atoms with E-state index in [1.165, 1.54) is 24.3 Å². The third-order valence-corrected chi connectivity index (χ3v) is 6.19. The molecule has 1 aromatic heterocycles. The summed E-state index contributed by atoms with van der Waals surface area (Å²) in [5.41, 5.74) is 2.74. The molecule has 3 aromatic rings. The summed E-state index contributed by atoms with van der Waals surface area (Å²) < 4.78 is 43.6. The van der Waals surface area contributed by atoms with Crippen molar-refractivity contribution >= 4 is 34.3 Å². The van der Waals surface area contributed by atoms with Crippen LogP contribution in [0, 0.1) is 11.3 Å². The van der Waals surface area contributed by atoms with Crippen molar-refractivity contribution in [3.05, 3.63) is 42.5 Å². The lowest BCUT2D eigenvalue weighted by Gasteiger charge is -2.40. The van der Waals surface area contributed by atoms with Gasteiger partial charge in [0.15, 0.2) is 0 Å². The van der Waals surface area contributed by atoms with Crippen molar-refractivity contribution in [3.63, 3.8) is 0 Å². The van der Waals surface area contributed by atoms with Crippen LogP contribution in [-0.4, -0.2) is 33.5 Å². The van der Waals surface area contributed by atoms with E-state index in [0.717, 1.165) is 24.8 Å². The highest BCUT2D eigenvalue weighted by molar-refractivity contribution is 5.94. The zero-order chi connectivity index (χ0) is 25.4. The zero-order valence-corrected chi connectivity index (χ0v) is 19.8. The van der Waals surface area contributed by atoms with E-state index in [-0.39, 0.29) is 17.2 Å². The molecule has 1 amide bonds. The van der Waals surface area contributed by atoms with Crippen LogP contribution in [0.3, 0.4) is 0 Å². The van der Waals surface area contributed by atoms with Crippen LogP contribution >= 0.6 is 0 Å². The molecule has 7 nitrogen and oxygen atoms in total. The van der Waals surface area contributed by atoms with Gasteiger partial charge in [-0.25, -0.2) is 4.98 Å². The van der Waals surface area contributed by atoms with Crippen LogP contribution in [0.25, 0.3) is 11.0 Å². The number of imidazole rings is 1. The third kappa shape index (κ3) is 6.05. The van der Waals surface area contributed by atoms with Crippen molar-refractivity contribution in [1.29, 1.82) is 0 Å². The number of fused-ring (bicyclic) bond motifs is 1. The molecule has 0 bridgehead atoms. The number of carbonyl (C=O) groups excluding carboxylic acids is 1. The van der Waals surface area contributed by atoms with Crippen molar-refractivity contribution in [2.24, 2.45) is 11.3 Å². The van der Waals surface area contributed by atoms with Gasteiger partial charge in [-0.05, 0) is 73.1 Å². The second-order valence-corrected chi connectivity index (χ2v) is 9.98. The summed E-state index contributed by atoms with van der Waals surface area (Å²) in [6.45, 7) is 6.12. The molecule has 2 atom stereocenters. The van der Waals surface area contributed by atoms with Gasteiger partial charge in [0.1, 0.15) is 12.4 Å². The largest absolute Gasteiger partial charge is 0.573 e. The molecular weight excluding hydrogens is 461 g/mol. The van der Waals surface area contributed by atoms with Crippen molar-refractivity contribution in [2.75, 3.05) is 17.2 Å². The van der Waals surface area contributed by atoms with Crippen LogP contribution in [0.4, 0.5) is 30.5 Å². The Hall–Kier alpha value is -3.27. The SMILES string of the molecule is C[C@@H]1C[C@H](n2c(Nc3ccc(OC(F)(F)F)cc3)nc3cc(NC(=O)CO)ccc32)CC(C)(C)C1. The number of amides is 1. The normalized spacial score (nSPS) is 20.0. The Balaban J connectivity index is 1.71. The first-order valence-electron chi connectivity index (χ1n) is 11.5. The molecule has 0 unspecified atom stereocenters. The van der Waals surface area contributed by atoms with Crippen LogP contribution in [0.2, 0.25) is 0 Å². The minimum Gasteiger partial charge on any atom is -0.406 e. The van der Waals surface area contributed by atoms with Gasteiger partial charge in [-0.1, -0.05) is 20.8 Å². The first-order valence-corrected chi connectivity index (χ1v) is 11.5. The van der Waals surface area contributed by atoms with E-state index >= 15 is 0 Å². The van der Waals surface area contributed by atoms with Gasteiger partial charge in [0, 0.05) is 17.4 Å². The molecule has 188 valence electrons. The molecule has 10 heteroatoms. The number of hydrogen-bond acceptors (Lipinski definition) is 5. The van der Waals surface area contributed by atoms with Gasteiger partial charge >= 0.3 is 6.36 Å². The molecule has 1 fully saturated rings. The maximum atomic E-state index is 12.5. The number of alkyl halides is 3. The minimum absolute atomic E-state index is 0.141.